The van der Waals surface area contributed by atoms with Crippen molar-refractivity contribution < 1.29 is 14.7 Å². The van der Waals surface area contributed by atoms with Gasteiger partial charge < -0.3 is 10.4 Å². The molecular weight excluding hydrogens is 254 g/mol. The summed E-state index contributed by atoms with van der Waals surface area (Å²) in [6.07, 6.45) is 0.0366. The van der Waals surface area contributed by atoms with Crippen LogP contribution in [0.25, 0.3) is 0 Å². The van der Waals surface area contributed by atoms with Gasteiger partial charge in [0.05, 0.1) is 0 Å². The van der Waals surface area contributed by atoms with Crippen LogP contribution in [0, 0.1) is 12.8 Å². The van der Waals surface area contributed by atoms with Crippen LogP contribution in [0.5, 0.6) is 0 Å². The smallest absolute Gasteiger partial charge is 0.303 e. The third-order valence-corrected chi connectivity index (χ3v) is 2.66. The van der Waals surface area contributed by atoms with Gasteiger partial charge in [-0.05, 0) is 36.6 Å². The van der Waals surface area contributed by atoms with Gasteiger partial charge in [0.2, 0.25) is 0 Å². The van der Waals surface area contributed by atoms with Crippen molar-refractivity contribution in [1.29, 1.82) is 0 Å². The van der Waals surface area contributed by atoms with Gasteiger partial charge in [0, 0.05) is 23.6 Å². The van der Waals surface area contributed by atoms with E-state index >= 15 is 0 Å². The lowest BCUT2D eigenvalue weighted by atomic mass is 10.1. The molecule has 0 saturated carbocycles. The molecule has 0 bridgehead atoms. The molecule has 0 spiro atoms. The first-order valence-electron chi connectivity index (χ1n) is 5.65. The van der Waals surface area contributed by atoms with E-state index in [1.54, 1.807) is 25.1 Å². The number of hydrogen-bond donors (Lipinski definition) is 2. The molecule has 0 heterocycles. The van der Waals surface area contributed by atoms with Crippen LogP contribution in [0.4, 0.5) is 0 Å². The fraction of sp³-hybridized carbons (Fsp3) is 0.385. The topological polar surface area (TPSA) is 66.4 Å². The van der Waals surface area contributed by atoms with E-state index in [0.29, 0.717) is 17.1 Å². The Labute approximate surface area is 111 Å². The zero-order valence-corrected chi connectivity index (χ0v) is 11.1. The molecule has 1 aromatic carbocycles. The predicted molar refractivity (Wildman–Crippen MR) is 69.9 cm³/mol. The maximum atomic E-state index is 11.8. The summed E-state index contributed by atoms with van der Waals surface area (Å²) in [4.78, 5) is 22.3. The molecule has 18 heavy (non-hydrogen) atoms. The van der Waals surface area contributed by atoms with E-state index < -0.39 is 5.97 Å². The van der Waals surface area contributed by atoms with E-state index in [9.17, 15) is 9.59 Å². The van der Waals surface area contributed by atoms with Gasteiger partial charge in [-0.3, -0.25) is 9.59 Å². The van der Waals surface area contributed by atoms with Crippen molar-refractivity contribution in [2.24, 2.45) is 5.92 Å². The summed E-state index contributed by atoms with van der Waals surface area (Å²) in [6.45, 7) is 3.96. The van der Waals surface area contributed by atoms with E-state index in [1.165, 1.54) is 0 Å². The number of carboxylic acid groups (broad SMARTS) is 1. The number of carbonyl (C=O) groups excluding carboxylic acids is 1. The molecule has 1 unspecified atom stereocenters. The zero-order valence-electron chi connectivity index (χ0n) is 10.4. The molecule has 1 amide bonds. The summed E-state index contributed by atoms with van der Waals surface area (Å²) >= 11 is 5.87. The molecule has 0 aromatic heterocycles. The minimum Gasteiger partial charge on any atom is -0.481 e. The quantitative estimate of drug-likeness (QED) is 0.863. The molecule has 0 aliphatic carbocycles. The van der Waals surface area contributed by atoms with Crippen molar-refractivity contribution in [1.82, 2.24) is 5.32 Å². The Morgan fingerprint density at radius 2 is 2.06 bits per heavy atom. The molecule has 0 aliphatic heterocycles. The van der Waals surface area contributed by atoms with Crippen molar-refractivity contribution in [3.8, 4) is 0 Å². The number of hydrogen-bond acceptors (Lipinski definition) is 2. The van der Waals surface area contributed by atoms with Crippen LogP contribution in [0.3, 0.4) is 0 Å². The normalized spacial score (nSPS) is 11.9. The van der Waals surface area contributed by atoms with Gasteiger partial charge in [0.1, 0.15) is 0 Å². The van der Waals surface area contributed by atoms with Crippen LogP contribution in [0.1, 0.15) is 29.3 Å². The van der Waals surface area contributed by atoms with Crippen molar-refractivity contribution in [2.75, 3.05) is 6.54 Å². The molecular formula is C13H16ClNO3. The minimum absolute atomic E-state index is 0.0366. The predicted octanol–water partition coefficient (Wildman–Crippen LogP) is 2.49. The van der Waals surface area contributed by atoms with Gasteiger partial charge in [0.25, 0.3) is 5.91 Å². The Bertz CT molecular complexity index is 439. The summed E-state index contributed by atoms with van der Waals surface area (Å²) in [7, 11) is 0. The van der Waals surface area contributed by atoms with Crippen molar-refractivity contribution in [3.05, 3.63) is 34.3 Å². The standard InChI is InChI=1S/C13H16ClNO3/c1-8-3-10(6-11(14)4-8)13(18)15-7-9(2)5-12(16)17/h3-4,6,9H,5,7H2,1-2H3,(H,15,18)(H,16,17). The van der Waals surface area contributed by atoms with Gasteiger partial charge in [-0.1, -0.05) is 18.5 Å². The largest absolute Gasteiger partial charge is 0.481 e. The highest BCUT2D eigenvalue weighted by molar-refractivity contribution is 6.31. The molecule has 1 rings (SSSR count). The number of carboxylic acids is 1. The molecule has 0 radical (unpaired) electrons. The molecule has 2 N–H and O–H groups in total. The van der Waals surface area contributed by atoms with E-state index in [4.69, 9.17) is 16.7 Å². The van der Waals surface area contributed by atoms with Crippen LogP contribution < -0.4 is 5.32 Å². The number of benzene rings is 1. The number of amides is 1. The van der Waals surface area contributed by atoms with E-state index in [2.05, 4.69) is 5.32 Å². The Morgan fingerprint density at radius 3 is 2.61 bits per heavy atom. The maximum absolute atomic E-state index is 11.8. The first kappa shape index (κ1) is 14.5. The SMILES string of the molecule is Cc1cc(Cl)cc(C(=O)NCC(C)CC(=O)O)c1. The first-order chi connectivity index (χ1) is 8.38. The maximum Gasteiger partial charge on any atom is 0.303 e. The average Bonchev–Trinajstić information content (AvgIpc) is 2.23. The Kier molecular flexibility index (Phi) is 5.16. The van der Waals surface area contributed by atoms with Crippen LogP contribution in [-0.4, -0.2) is 23.5 Å². The van der Waals surface area contributed by atoms with Gasteiger partial charge in [-0.2, -0.15) is 0 Å². The van der Waals surface area contributed by atoms with Crippen LogP contribution in [-0.2, 0) is 4.79 Å². The second-order valence-corrected chi connectivity index (χ2v) is 4.87. The lowest BCUT2D eigenvalue weighted by Gasteiger charge is -2.10. The molecule has 4 nitrogen and oxygen atoms in total. The lowest BCUT2D eigenvalue weighted by Crippen LogP contribution is -2.29. The van der Waals surface area contributed by atoms with Crippen LogP contribution in [0.2, 0.25) is 5.02 Å². The number of rotatable bonds is 5. The highest BCUT2D eigenvalue weighted by atomic mass is 35.5. The molecule has 0 saturated heterocycles. The van der Waals surface area contributed by atoms with Gasteiger partial charge in [-0.25, -0.2) is 0 Å². The average molecular weight is 270 g/mol. The van der Waals surface area contributed by atoms with E-state index in [0.717, 1.165) is 5.56 Å². The number of aryl methyl sites for hydroxylation is 1. The number of halogens is 1. The molecule has 1 aromatic rings. The van der Waals surface area contributed by atoms with E-state index in [-0.39, 0.29) is 18.2 Å². The van der Waals surface area contributed by atoms with Crippen molar-refractivity contribution >= 4 is 23.5 Å². The van der Waals surface area contributed by atoms with Gasteiger partial charge in [0.15, 0.2) is 0 Å². The van der Waals surface area contributed by atoms with Crippen LogP contribution in [0.15, 0.2) is 18.2 Å². The van der Waals surface area contributed by atoms with Gasteiger partial charge >= 0.3 is 5.97 Å². The molecule has 1 atom stereocenters. The number of nitrogens with one attached hydrogen (secondary N) is 1. The van der Waals surface area contributed by atoms with Crippen molar-refractivity contribution in [2.45, 2.75) is 20.3 Å². The summed E-state index contributed by atoms with van der Waals surface area (Å²) in [5.41, 5.74) is 1.40. The van der Waals surface area contributed by atoms with Crippen molar-refractivity contribution in [3.63, 3.8) is 0 Å². The van der Waals surface area contributed by atoms with Gasteiger partial charge in [-0.15, -0.1) is 0 Å². The van der Waals surface area contributed by atoms with E-state index in [1.807, 2.05) is 6.92 Å². The zero-order chi connectivity index (χ0) is 13.7. The number of aliphatic carboxylic acids is 1. The molecule has 0 fully saturated rings. The monoisotopic (exact) mass is 269 g/mol. The third kappa shape index (κ3) is 4.75. The fourth-order valence-corrected chi connectivity index (χ4v) is 1.90. The third-order valence-electron chi connectivity index (χ3n) is 2.44. The summed E-state index contributed by atoms with van der Waals surface area (Å²) < 4.78 is 0. The summed E-state index contributed by atoms with van der Waals surface area (Å²) in [6, 6.07) is 5.10. The number of carbonyl (C=O) groups is 2. The highest BCUT2D eigenvalue weighted by Gasteiger charge is 2.11. The summed E-state index contributed by atoms with van der Waals surface area (Å²) in [5, 5.41) is 11.8. The molecule has 98 valence electrons. The lowest BCUT2D eigenvalue weighted by molar-refractivity contribution is -0.137. The summed E-state index contributed by atoms with van der Waals surface area (Å²) in [5.74, 6) is -1.21. The first-order valence-corrected chi connectivity index (χ1v) is 6.03. The molecule has 0 aliphatic rings. The second-order valence-electron chi connectivity index (χ2n) is 4.43. The minimum atomic E-state index is -0.865. The van der Waals surface area contributed by atoms with Crippen LogP contribution >= 0.6 is 11.6 Å². The Morgan fingerprint density at radius 1 is 1.39 bits per heavy atom. The molecule has 5 heteroatoms. The highest BCUT2D eigenvalue weighted by Crippen LogP contribution is 2.14. The fourth-order valence-electron chi connectivity index (χ4n) is 1.61. The Hall–Kier alpha value is -1.55. The second kappa shape index (κ2) is 6.40. The Balaban J connectivity index is 2.57.